The molecule has 47 heavy (non-hydrogen) atoms. The third-order valence-corrected chi connectivity index (χ3v) is 12.7. The first kappa shape index (κ1) is 31.4. The van der Waals surface area contributed by atoms with Gasteiger partial charge in [-0.1, -0.05) is 142 Å². The van der Waals surface area contributed by atoms with Crippen LogP contribution in [0.25, 0.3) is 0 Å². The molecule has 2 aliphatic heterocycles. The minimum absolute atomic E-state index is 0.0243. The van der Waals surface area contributed by atoms with Gasteiger partial charge in [0.2, 0.25) is 0 Å². The van der Waals surface area contributed by atoms with E-state index in [4.69, 9.17) is 23.0 Å². The molecule has 244 valence electrons. The second-order valence-electron chi connectivity index (χ2n) is 15.2. The molecule has 0 radical (unpaired) electrons. The summed E-state index contributed by atoms with van der Waals surface area (Å²) in [6.45, 7) is 11.1. The van der Waals surface area contributed by atoms with Crippen molar-refractivity contribution >= 4 is 8.60 Å². The fourth-order valence-electron chi connectivity index (χ4n) is 9.31. The van der Waals surface area contributed by atoms with Crippen LogP contribution >= 0.6 is 8.60 Å². The largest absolute Gasteiger partial charge is 0.341 e. The monoisotopic (exact) mass is 648 g/mol. The van der Waals surface area contributed by atoms with E-state index in [-0.39, 0.29) is 16.9 Å². The normalized spacial score (nSPS) is 31.7. The third kappa shape index (κ3) is 4.89. The van der Waals surface area contributed by atoms with Gasteiger partial charge in [-0.25, -0.2) is 0 Å². The molecule has 0 amide bonds. The van der Waals surface area contributed by atoms with Gasteiger partial charge in [-0.3, -0.25) is 9.05 Å². The number of benzene rings is 4. The molecule has 2 heterocycles. The summed E-state index contributed by atoms with van der Waals surface area (Å²) in [5.74, 6) is -0.320. The van der Waals surface area contributed by atoms with E-state index in [0.717, 1.165) is 35.1 Å². The fourth-order valence-corrected chi connectivity index (χ4v) is 11.2. The van der Waals surface area contributed by atoms with Gasteiger partial charge in [0.05, 0.1) is 6.10 Å². The zero-order valence-corrected chi connectivity index (χ0v) is 28.9. The van der Waals surface area contributed by atoms with E-state index in [1.165, 1.54) is 6.42 Å². The van der Waals surface area contributed by atoms with Crippen molar-refractivity contribution < 1.29 is 23.0 Å². The Kier molecular flexibility index (Phi) is 7.57. The van der Waals surface area contributed by atoms with E-state index >= 15 is 0 Å². The van der Waals surface area contributed by atoms with Gasteiger partial charge in [0, 0.05) is 0 Å². The standard InChI is InChI=1S/C41H45O5P/c1-37(2)33-26-27-39(5,28-33)36(37)44-47-45-40(29-18-10-6-11-19-29,30-20-12-7-13-21-30)34-35(43-38(3,4)42-34)41(46-47,31-22-14-8-15-23-31)32-24-16-9-17-25-32/h6-25,33-36H,26-28H2,1-5H3/t33?,34-,35-,36?,39?/m0/s1. The van der Waals surface area contributed by atoms with Crippen molar-refractivity contribution in [2.24, 2.45) is 16.7 Å². The number of fused-ring (bicyclic) bond motifs is 3. The minimum atomic E-state index is -2.00. The molecule has 0 N–H and O–H groups in total. The van der Waals surface area contributed by atoms with E-state index in [9.17, 15) is 0 Å². The Hall–Kier alpha value is -2.89. The van der Waals surface area contributed by atoms with Crippen LogP contribution in [-0.2, 0) is 34.2 Å². The quantitative estimate of drug-likeness (QED) is 0.195. The van der Waals surface area contributed by atoms with Gasteiger partial charge < -0.3 is 14.0 Å². The molecule has 2 saturated carbocycles. The van der Waals surface area contributed by atoms with E-state index in [1.54, 1.807) is 0 Å². The Morgan fingerprint density at radius 2 is 0.957 bits per heavy atom. The molecule has 8 rings (SSSR count). The maximum absolute atomic E-state index is 7.60. The Bertz CT molecular complexity index is 1510. The lowest BCUT2D eigenvalue weighted by Crippen LogP contribution is -2.53. The van der Waals surface area contributed by atoms with Gasteiger partial charge >= 0.3 is 8.60 Å². The number of hydrogen-bond acceptors (Lipinski definition) is 5. The molecule has 2 bridgehead atoms. The lowest BCUT2D eigenvalue weighted by atomic mass is 9.70. The molecule has 2 aliphatic carbocycles. The highest BCUT2D eigenvalue weighted by Gasteiger charge is 2.69. The van der Waals surface area contributed by atoms with E-state index in [0.29, 0.717) is 5.92 Å². The van der Waals surface area contributed by atoms with Gasteiger partial charge in [-0.05, 0) is 72.1 Å². The number of hydrogen-bond donors (Lipinski definition) is 0. The average molecular weight is 649 g/mol. The highest BCUT2D eigenvalue weighted by molar-refractivity contribution is 7.41. The SMILES string of the molecule is CC1(C)O[C@H]2[C@H](O1)C(c1ccccc1)(c1ccccc1)OP(OC1C3(C)CCC(C3)C1(C)C)OC2(c1ccccc1)c1ccccc1. The zero-order chi connectivity index (χ0) is 32.5. The van der Waals surface area contributed by atoms with Crippen LogP contribution in [0.2, 0.25) is 0 Å². The molecule has 0 aromatic heterocycles. The first-order valence-electron chi connectivity index (χ1n) is 17.0. The number of ether oxygens (including phenoxy) is 2. The summed E-state index contributed by atoms with van der Waals surface area (Å²) in [5, 5.41) is 0. The van der Waals surface area contributed by atoms with Crippen LogP contribution in [0.15, 0.2) is 121 Å². The predicted octanol–water partition coefficient (Wildman–Crippen LogP) is 9.90. The summed E-state index contributed by atoms with van der Waals surface area (Å²) >= 11 is 0. The van der Waals surface area contributed by atoms with Crippen molar-refractivity contribution in [3.63, 3.8) is 0 Å². The second kappa shape index (κ2) is 11.3. The Labute approximate surface area is 280 Å². The van der Waals surface area contributed by atoms with Gasteiger partial charge in [0.25, 0.3) is 0 Å². The van der Waals surface area contributed by atoms with Gasteiger partial charge in [0.1, 0.15) is 12.2 Å². The molecule has 6 heteroatoms. The van der Waals surface area contributed by atoms with Crippen LogP contribution in [0.5, 0.6) is 0 Å². The van der Waals surface area contributed by atoms with Gasteiger partial charge in [-0.2, -0.15) is 0 Å². The fraction of sp³-hybridized carbons (Fsp3) is 0.415. The summed E-state index contributed by atoms with van der Waals surface area (Å²) in [7, 11) is -2.00. The summed E-state index contributed by atoms with van der Waals surface area (Å²) in [5.41, 5.74) is 1.68. The lowest BCUT2D eigenvalue weighted by Gasteiger charge is -2.45. The van der Waals surface area contributed by atoms with E-state index in [1.807, 2.05) is 38.1 Å². The minimum Gasteiger partial charge on any atom is -0.341 e. The second-order valence-corrected chi connectivity index (χ2v) is 16.2. The van der Waals surface area contributed by atoms with Crippen molar-refractivity contribution in [3.8, 4) is 0 Å². The van der Waals surface area contributed by atoms with Gasteiger partial charge in [0.15, 0.2) is 17.0 Å². The van der Waals surface area contributed by atoms with Crippen molar-refractivity contribution in [1.82, 2.24) is 0 Å². The zero-order valence-electron chi connectivity index (χ0n) is 28.0. The first-order valence-corrected chi connectivity index (χ1v) is 18.1. The van der Waals surface area contributed by atoms with Crippen LogP contribution in [-0.4, -0.2) is 24.1 Å². The Balaban J connectivity index is 1.41. The molecule has 0 spiro atoms. The van der Waals surface area contributed by atoms with Crippen molar-refractivity contribution in [2.75, 3.05) is 0 Å². The molecule has 4 aromatic rings. The smallest absolute Gasteiger partial charge is 0.335 e. The third-order valence-electron chi connectivity index (χ3n) is 11.5. The lowest BCUT2D eigenvalue weighted by molar-refractivity contribution is -0.178. The van der Waals surface area contributed by atoms with Crippen LogP contribution in [0.3, 0.4) is 0 Å². The maximum atomic E-state index is 7.60. The molecule has 4 fully saturated rings. The Morgan fingerprint density at radius 1 is 0.574 bits per heavy atom. The van der Waals surface area contributed by atoms with Crippen molar-refractivity contribution in [2.45, 2.75) is 89.2 Å². The highest BCUT2D eigenvalue weighted by Crippen LogP contribution is 2.70. The molecule has 3 unspecified atom stereocenters. The van der Waals surface area contributed by atoms with Crippen LogP contribution in [0.4, 0.5) is 0 Å². The molecule has 5 atom stereocenters. The molecule has 2 saturated heterocycles. The molecular weight excluding hydrogens is 603 g/mol. The van der Waals surface area contributed by atoms with Crippen LogP contribution in [0, 0.1) is 16.7 Å². The van der Waals surface area contributed by atoms with Crippen LogP contribution < -0.4 is 0 Å². The first-order chi connectivity index (χ1) is 22.6. The van der Waals surface area contributed by atoms with Crippen molar-refractivity contribution in [3.05, 3.63) is 144 Å². The van der Waals surface area contributed by atoms with Crippen LogP contribution in [0.1, 0.15) is 76.1 Å². The average Bonchev–Trinajstić information content (AvgIpc) is 3.68. The predicted molar refractivity (Wildman–Crippen MR) is 184 cm³/mol. The highest BCUT2D eigenvalue weighted by atomic mass is 31.2. The summed E-state index contributed by atoms with van der Waals surface area (Å²) in [6, 6.07) is 41.7. The summed E-state index contributed by atoms with van der Waals surface area (Å²) < 4.78 is 36.8. The molecule has 4 aliphatic rings. The summed E-state index contributed by atoms with van der Waals surface area (Å²) in [4.78, 5) is 0. The Morgan fingerprint density at radius 3 is 1.30 bits per heavy atom. The van der Waals surface area contributed by atoms with Gasteiger partial charge in [-0.15, -0.1) is 0 Å². The van der Waals surface area contributed by atoms with Crippen molar-refractivity contribution in [1.29, 1.82) is 0 Å². The molecular formula is C41H45O5P. The van der Waals surface area contributed by atoms with E-state index in [2.05, 4.69) is 118 Å². The molecule has 5 nitrogen and oxygen atoms in total. The summed E-state index contributed by atoms with van der Waals surface area (Å²) in [6.07, 6.45) is 2.28. The molecule has 4 aromatic carbocycles. The number of rotatable bonds is 6. The topological polar surface area (TPSA) is 46.2 Å². The maximum Gasteiger partial charge on any atom is 0.335 e. The van der Waals surface area contributed by atoms with E-state index < -0.39 is 37.8 Å².